The Kier molecular flexibility index (Phi) is 4.53. The SMILES string of the molecule is CC(NS(=O)(=O)Cc1ccccc1CN)c1cn[nH]c1. The normalized spacial score (nSPS) is 13.3. The summed E-state index contributed by atoms with van der Waals surface area (Å²) in [5.41, 5.74) is 7.98. The third-order valence-corrected chi connectivity index (χ3v) is 4.46. The van der Waals surface area contributed by atoms with Crippen molar-refractivity contribution < 1.29 is 8.42 Å². The van der Waals surface area contributed by atoms with E-state index >= 15 is 0 Å². The number of nitrogens with one attached hydrogen (secondary N) is 2. The van der Waals surface area contributed by atoms with Crippen LogP contribution in [0.15, 0.2) is 36.7 Å². The molecule has 2 aromatic rings. The van der Waals surface area contributed by atoms with Crippen molar-refractivity contribution >= 4 is 10.0 Å². The molecule has 0 aliphatic carbocycles. The molecule has 0 fully saturated rings. The van der Waals surface area contributed by atoms with Crippen molar-refractivity contribution in [3.8, 4) is 0 Å². The number of H-pyrrole nitrogens is 1. The first-order valence-electron chi connectivity index (χ1n) is 6.27. The van der Waals surface area contributed by atoms with E-state index in [0.29, 0.717) is 6.54 Å². The van der Waals surface area contributed by atoms with Gasteiger partial charge in [0.2, 0.25) is 10.0 Å². The zero-order valence-corrected chi connectivity index (χ0v) is 12.0. The van der Waals surface area contributed by atoms with Crippen LogP contribution in [-0.4, -0.2) is 18.6 Å². The maximum atomic E-state index is 12.2. The van der Waals surface area contributed by atoms with Gasteiger partial charge >= 0.3 is 0 Å². The number of hydrogen-bond donors (Lipinski definition) is 3. The standard InChI is InChI=1S/C13H18N4O2S/c1-10(13-7-15-16-8-13)17-20(18,19)9-12-5-3-2-4-11(12)6-14/h2-5,7-8,10,17H,6,9,14H2,1H3,(H,15,16). The van der Waals surface area contributed by atoms with Crippen LogP contribution in [0, 0.1) is 0 Å². The summed E-state index contributed by atoms with van der Waals surface area (Å²) in [6, 6.07) is 6.95. The molecule has 0 bridgehead atoms. The van der Waals surface area contributed by atoms with Gasteiger partial charge in [0.25, 0.3) is 0 Å². The Hall–Kier alpha value is -1.70. The van der Waals surface area contributed by atoms with Crippen LogP contribution in [0.25, 0.3) is 0 Å². The zero-order chi connectivity index (χ0) is 14.6. The highest BCUT2D eigenvalue weighted by Crippen LogP contribution is 2.15. The number of benzene rings is 1. The van der Waals surface area contributed by atoms with Gasteiger partial charge in [0.15, 0.2) is 0 Å². The van der Waals surface area contributed by atoms with Crippen LogP contribution in [0.2, 0.25) is 0 Å². The molecule has 1 aromatic heterocycles. The van der Waals surface area contributed by atoms with E-state index in [0.717, 1.165) is 16.7 Å². The predicted octanol–water partition coefficient (Wildman–Crippen LogP) is 1.05. The monoisotopic (exact) mass is 294 g/mol. The van der Waals surface area contributed by atoms with Crippen LogP contribution in [-0.2, 0) is 22.3 Å². The zero-order valence-electron chi connectivity index (χ0n) is 11.2. The Morgan fingerprint density at radius 3 is 2.65 bits per heavy atom. The minimum Gasteiger partial charge on any atom is -0.326 e. The number of aromatic amines is 1. The molecule has 1 atom stereocenters. The second kappa shape index (κ2) is 6.17. The molecule has 0 amide bonds. The number of nitrogens with two attached hydrogens (primary N) is 1. The fourth-order valence-electron chi connectivity index (χ4n) is 1.98. The molecule has 0 radical (unpaired) electrons. The largest absolute Gasteiger partial charge is 0.326 e. The lowest BCUT2D eigenvalue weighted by molar-refractivity contribution is 0.566. The van der Waals surface area contributed by atoms with E-state index in [-0.39, 0.29) is 11.8 Å². The maximum Gasteiger partial charge on any atom is 0.216 e. The molecule has 0 saturated carbocycles. The fraction of sp³-hybridized carbons (Fsp3) is 0.308. The van der Waals surface area contributed by atoms with Crippen LogP contribution in [0.1, 0.15) is 29.7 Å². The van der Waals surface area contributed by atoms with Crippen LogP contribution < -0.4 is 10.5 Å². The van der Waals surface area contributed by atoms with Crippen molar-refractivity contribution in [2.45, 2.75) is 25.3 Å². The summed E-state index contributed by atoms with van der Waals surface area (Å²) in [7, 11) is -3.44. The molecule has 7 heteroatoms. The molecule has 6 nitrogen and oxygen atoms in total. The van der Waals surface area contributed by atoms with E-state index < -0.39 is 10.0 Å². The lowest BCUT2D eigenvalue weighted by Gasteiger charge is -2.14. The Balaban J connectivity index is 2.11. The quantitative estimate of drug-likeness (QED) is 0.741. The van der Waals surface area contributed by atoms with Gasteiger partial charge in [-0.2, -0.15) is 5.10 Å². The van der Waals surface area contributed by atoms with Crippen LogP contribution in [0.3, 0.4) is 0 Å². The van der Waals surface area contributed by atoms with E-state index in [1.807, 2.05) is 18.2 Å². The lowest BCUT2D eigenvalue weighted by Crippen LogP contribution is -2.28. The number of aromatic nitrogens is 2. The molecular formula is C13H18N4O2S. The molecule has 108 valence electrons. The van der Waals surface area contributed by atoms with E-state index in [9.17, 15) is 8.42 Å². The summed E-state index contributed by atoms with van der Waals surface area (Å²) in [6.07, 6.45) is 3.27. The molecule has 0 aliphatic rings. The van der Waals surface area contributed by atoms with E-state index in [1.54, 1.807) is 25.4 Å². The Morgan fingerprint density at radius 2 is 2.05 bits per heavy atom. The van der Waals surface area contributed by atoms with Gasteiger partial charge in [0.05, 0.1) is 11.9 Å². The van der Waals surface area contributed by atoms with Gasteiger partial charge in [0.1, 0.15) is 0 Å². The molecule has 0 saturated heterocycles. The number of hydrogen-bond acceptors (Lipinski definition) is 4. The summed E-state index contributed by atoms with van der Waals surface area (Å²) in [4.78, 5) is 0. The van der Waals surface area contributed by atoms with Crippen LogP contribution in [0.5, 0.6) is 0 Å². The van der Waals surface area contributed by atoms with Crippen molar-refractivity contribution in [3.63, 3.8) is 0 Å². The molecule has 2 rings (SSSR count). The summed E-state index contributed by atoms with van der Waals surface area (Å²) in [5.74, 6) is -0.0808. The average Bonchev–Trinajstić information content (AvgIpc) is 2.92. The first-order valence-corrected chi connectivity index (χ1v) is 7.92. The van der Waals surface area contributed by atoms with E-state index in [1.165, 1.54) is 0 Å². The summed E-state index contributed by atoms with van der Waals surface area (Å²) in [5, 5.41) is 6.47. The minimum atomic E-state index is -3.44. The van der Waals surface area contributed by atoms with Gasteiger partial charge in [-0.3, -0.25) is 5.10 Å². The highest BCUT2D eigenvalue weighted by molar-refractivity contribution is 7.88. The van der Waals surface area contributed by atoms with Crippen molar-refractivity contribution in [2.75, 3.05) is 0 Å². The van der Waals surface area contributed by atoms with Crippen LogP contribution in [0.4, 0.5) is 0 Å². The van der Waals surface area contributed by atoms with Gasteiger partial charge in [-0.05, 0) is 18.1 Å². The van der Waals surface area contributed by atoms with Crippen molar-refractivity contribution in [2.24, 2.45) is 5.73 Å². The van der Waals surface area contributed by atoms with Crippen LogP contribution >= 0.6 is 0 Å². The summed E-state index contributed by atoms with van der Waals surface area (Å²) in [6.45, 7) is 2.10. The van der Waals surface area contributed by atoms with Gasteiger partial charge in [-0.15, -0.1) is 0 Å². The number of nitrogens with zero attached hydrogens (tertiary/aromatic N) is 1. The highest BCUT2D eigenvalue weighted by Gasteiger charge is 2.18. The molecule has 0 spiro atoms. The molecule has 4 N–H and O–H groups in total. The van der Waals surface area contributed by atoms with Crippen molar-refractivity contribution in [3.05, 3.63) is 53.3 Å². The molecule has 1 aromatic carbocycles. The molecule has 0 aliphatic heterocycles. The molecule has 20 heavy (non-hydrogen) atoms. The highest BCUT2D eigenvalue weighted by atomic mass is 32.2. The van der Waals surface area contributed by atoms with Gasteiger partial charge < -0.3 is 5.73 Å². The second-order valence-electron chi connectivity index (χ2n) is 4.60. The smallest absolute Gasteiger partial charge is 0.216 e. The minimum absolute atomic E-state index is 0.0808. The third-order valence-electron chi connectivity index (χ3n) is 3.06. The summed E-state index contributed by atoms with van der Waals surface area (Å²) >= 11 is 0. The van der Waals surface area contributed by atoms with Gasteiger partial charge in [0, 0.05) is 24.3 Å². The van der Waals surface area contributed by atoms with Crippen molar-refractivity contribution in [1.29, 1.82) is 0 Å². The first-order chi connectivity index (χ1) is 9.52. The lowest BCUT2D eigenvalue weighted by atomic mass is 10.1. The van der Waals surface area contributed by atoms with Gasteiger partial charge in [-0.1, -0.05) is 24.3 Å². The first kappa shape index (κ1) is 14.7. The predicted molar refractivity (Wildman–Crippen MR) is 77.1 cm³/mol. The van der Waals surface area contributed by atoms with E-state index in [2.05, 4.69) is 14.9 Å². The number of sulfonamides is 1. The molecule has 1 unspecified atom stereocenters. The fourth-order valence-corrected chi connectivity index (χ4v) is 3.43. The Morgan fingerprint density at radius 1 is 1.35 bits per heavy atom. The average molecular weight is 294 g/mol. The Labute approximate surface area is 118 Å². The van der Waals surface area contributed by atoms with E-state index in [4.69, 9.17) is 5.73 Å². The second-order valence-corrected chi connectivity index (χ2v) is 6.36. The molecule has 1 heterocycles. The number of rotatable bonds is 6. The summed E-state index contributed by atoms with van der Waals surface area (Å²) < 4.78 is 27.0. The third kappa shape index (κ3) is 3.66. The van der Waals surface area contributed by atoms with Gasteiger partial charge in [-0.25, -0.2) is 13.1 Å². The maximum absolute atomic E-state index is 12.2. The van der Waals surface area contributed by atoms with Crippen molar-refractivity contribution in [1.82, 2.24) is 14.9 Å². The molecular weight excluding hydrogens is 276 g/mol. The topological polar surface area (TPSA) is 101 Å². The Bertz CT molecular complexity index is 653.